The van der Waals surface area contributed by atoms with Crippen molar-refractivity contribution in [2.75, 3.05) is 56.8 Å². The third-order valence-electron chi connectivity index (χ3n) is 5.43. The van der Waals surface area contributed by atoms with Crippen LogP contribution in [0.15, 0.2) is 30.6 Å². The van der Waals surface area contributed by atoms with Crippen molar-refractivity contribution in [2.45, 2.75) is 32.3 Å². The Labute approximate surface area is 184 Å². The molecule has 1 fully saturated rings. The van der Waals surface area contributed by atoms with Gasteiger partial charge in [0.15, 0.2) is 0 Å². The molecule has 1 saturated heterocycles. The SMILES string of the molecule is CCC(c1cc(N2CCN(SC)CC2)ncn1)c1cc(OC(C)COC)ccc1N. The second-order valence-corrected chi connectivity index (χ2v) is 8.42. The first-order valence-corrected chi connectivity index (χ1v) is 11.6. The standard InChI is InChI=1S/C22H33N5O2S/c1-5-18(19-12-17(6-7-20(19)23)29-16(2)14-28-3)21-13-22(25-15-24-21)26-8-10-27(30-4)11-9-26/h6-7,12-13,15-16,18H,5,8-11,14,23H2,1-4H3. The van der Waals surface area contributed by atoms with E-state index in [-0.39, 0.29) is 12.0 Å². The number of piperazine rings is 1. The van der Waals surface area contributed by atoms with Gasteiger partial charge in [0.25, 0.3) is 0 Å². The van der Waals surface area contributed by atoms with Crippen molar-refractivity contribution >= 4 is 23.5 Å². The van der Waals surface area contributed by atoms with Crippen LogP contribution in [0.3, 0.4) is 0 Å². The first-order valence-electron chi connectivity index (χ1n) is 10.5. The Balaban J connectivity index is 1.82. The number of nitrogens with zero attached hydrogens (tertiary/aromatic N) is 4. The van der Waals surface area contributed by atoms with Crippen LogP contribution in [0.2, 0.25) is 0 Å². The number of methoxy groups -OCH3 is 1. The zero-order valence-corrected chi connectivity index (χ0v) is 19.2. The average Bonchev–Trinajstić information content (AvgIpc) is 2.77. The Bertz CT molecular complexity index is 814. The summed E-state index contributed by atoms with van der Waals surface area (Å²) in [6.07, 6.45) is 4.66. The van der Waals surface area contributed by atoms with Crippen molar-refractivity contribution < 1.29 is 9.47 Å². The van der Waals surface area contributed by atoms with Crippen LogP contribution < -0.4 is 15.4 Å². The van der Waals surface area contributed by atoms with E-state index in [2.05, 4.69) is 38.4 Å². The van der Waals surface area contributed by atoms with Crippen LogP contribution in [0, 0.1) is 0 Å². The van der Waals surface area contributed by atoms with Crippen LogP contribution in [-0.2, 0) is 4.74 Å². The first-order chi connectivity index (χ1) is 14.5. The normalized spacial score (nSPS) is 17.0. The van der Waals surface area contributed by atoms with Crippen LogP contribution >= 0.6 is 11.9 Å². The zero-order chi connectivity index (χ0) is 21.5. The first kappa shape index (κ1) is 22.7. The maximum atomic E-state index is 6.36. The van der Waals surface area contributed by atoms with E-state index in [0.29, 0.717) is 6.61 Å². The van der Waals surface area contributed by atoms with Crippen molar-refractivity contribution in [3.05, 3.63) is 41.9 Å². The zero-order valence-electron chi connectivity index (χ0n) is 18.4. The van der Waals surface area contributed by atoms with Crippen LogP contribution in [0.25, 0.3) is 0 Å². The second-order valence-electron chi connectivity index (χ2n) is 7.54. The molecule has 164 valence electrons. The molecular weight excluding hydrogens is 398 g/mol. The lowest BCUT2D eigenvalue weighted by molar-refractivity contribution is 0.0920. The van der Waals surface area contributed by atoms with Gasteiger partial charge in [-0.25, -0.2) is 14.3 Å². The van der Waals surface area contributed by atoms with Crippen molar-refractivity contribution in [1.29, 1.82) is 0 Å². The van der Waals surface area contributed by atoms with Crippen molar-refractivity contribution in [1.82, 2.24) is 14.3 Å². The number of nitrogen functional groups attached to an aromatic ring is 1. The Kier molecular flexibility index (Phi) is 8.18. The lowest BCUT2D eigenvalue weighted by Gasteiger charge is -2.34. The summed E-state index contributed by atoms with van der Waals surface area (Å²) in [6.45, 7) is 8.69. The maximum Gasteiger partial charge on any atom is 0.132 e. The van der Waals surface area contributed by atoms with Crippen LogP contribution in [0.4, 0.5) is 11.5 Å². The number of benzene rings is 1. The van der Waals surface area contributed by atoms with Gasteiger partial charge in [-0.2, -0.15) is 0 Å². The summed E-state index contributed by atoms with van der Waals surface area (Å²) in [5, 5.41) is 0. The predicted molar refractivity (Wildman–Crippen MR) is 124 cm³/mol. The van der Waals surface area contributed by atoms with Gasteiger partial charge in [0.2, 0.25) is 0 Å². The van der Waals surface area contributed by atoms with Crippen LogP contribution in [0.1, 0.15) is 37.4 Å². The van der Waals surface area contributed by atoms with Gasteiger partial charge in [0.1, 0.15) is 24.0 Å². The fourth-order valence-corrected chi connectivity index (χ4v) is 4.37. The molecule has 1 aromatic carbocycles. The summed E-state index contributed by atoms with van der Waals surface area (Å²) in [5.74, 6) is 1.86. The van der Waals surface area contributed by atoms with Crippen LogP contribution in [-0.4, -0.2) is 66.5 Å². The van der Waals surface area contributed by atoms with E-state index < -0.39 is 0 Å². The van der Waals surface area contributed by atoms with E-state index in [1.54, 1.807) is 25.4 Å². The molecule has 3 rings (SSSR count). The third-order valence-corrected chi connectivity index (χ3v) is 6.31. The van der Waals surface area contributed by atoms with Gasteiger partial charge in [-0.1, -0.05) is 18.9 Å². The topological polar surface area (TPSA) is 76.7 Å². The molecule has 2 atom stereocenters. The molecule has 1 aromatic heterocycles. The number of rotatable bonds is 9. The molecule has 0 saturated carbocycles. The Morgan fingerprint density at radius 1 is 1.17 bits per heavy atom. The number of hydrogen-bond donors (Lipinski definition) is 1. The van der Waals surface area contributed by atoms with E-state index in [1.165, 1.54) is 0 Å². The van der Waals surface area contributed by atoms with Gasteiger partial charge >= 0.3 is 0 Å². The van der Waals surface area contributed by atoms with E-state index in [1.807, 2.05) is 25.1 Å². The number of ether oxygens (including phenoxy) is 2. The van der Waals surface area contributed by atoms with Crippen LogP contribution in [0.5, 0.6) is 5.75 Å². The number of aromatic nitrogens is 2. The summed E-state index contributed by atoms with van der Waals surface area (Å²) in [4.78, 5) is 11.5. The summed E-state index contributed by atoms with van der Waals surface area (Å²) in [5.41, 5.74) is 9.14. The Morgan fingerprint density at radius 3 is 2.60 bits per heavy atom. The van der Waals surface area contributed by atoms with E-state index in [0.717, 1.165) is 61.1 Å². The molecule has 8 heteroatoms. The quantitative estimate of drug-likeness (QED) is 0.478. The van der Waals surface area contributed by atoms with Gasteiger partial charge in [-0.05, 0) is 43.4 Å². The second kappa shape index (κ2) is 10.8. The number of anilines is 2. The molecule has 2 aromatic rings. The maximum absolute atomic E-state index is 6.36. The largest absolute Gasteiger partial charge is 0.488 e. The summed E-state index contributed by atoms with van der Waals surface area (Å²) in [6, 6.07) is 7.98. The smallest absolute Gasteiger partial charge is 0.132 e. The predicted octanol–water partition coefficient (Wildman–Crippen LogP) is 3.41. The van der Waals surface area contributed by atoms with E-state index in [4.69, 9.17) is 15.2 Å². The number of nitrogens with two attached hydrogens (primary N) is 1. The fourth-order valence-electron chi connectivity index (χ4n) is 3.84. The van der Waals surface area contributed by atoms with Gasteiger partial charge < -0.3 is 20.1 Å². The molecule has 0 aliphatic carbocycles. The minimum absolute atomic E-state index is 0.0304. The van der Waals surface area contributed by atoms with Crippen molar-refractivity contribution in [3.8, 4) is 5.75 Å². The molecule has 7 nitrogen and oxygen atoms in total. The van der Waals surface area contributed by atoms with Gasteiger partial charge in [-0.15, -0.1) is 0 Å². The highest BCUT2D eigenvalue weighted by Gasteiger charge is 2.22. The summed E-state index contributed by atoms with van der Waals surface area (Å²) >= 11 is 1.80. The molecule has 0 radical (unpaired) electrons. The summed E-state index contributed by atoms with van der Waals surface area (Å²) in [7, 11) is 1.68. The highest BCUT2D eigenvalue weighted by molar-refractivity contribution is 7.96. The van der Waals surface area contributed by atoms with Gasteiger partial charge in [-0.3, -0.25) is 0 Å². The molecule has 0 spiro atoms. The molecule has 2 heterocycles. The molecule has 1 aliphatic rings. The van der Waals surface area contributed by atoms with Gasteiger partial charge in [0, 0.05) is 51.0 Å². The molecule has 1 aliphatic heterocycles. The average molecular weight is 432 g/mol. The van der Waals surface area contributed by atoms with Crippen molar-refractivity contribution in [2.24, 2.45) is 0 Å². The lowest BCUT2D eigenvalue weighted by Crippen LogP contribution is -2.43. The molecule has 0 bridgehead atoms. The molecular formula is C22H33N5O2S. The monoisotopic (exact) mass is 431 g/mol. The van der Waals surface area contributed by atoms with E-state index in [9.17, 15) is 0 Å². The Morgan fingerprint density at radius 2 is 1.93 bits per heavy atom. The minimum Gasteiger partial charge on any atom is -0.488 e. The lowest BCUT2D eigenvalue weighted by atomic mass is 9.91. The molecule has 2 unspecified atom stereocenters. The van der Waals surface area contributed by atoms with Crippen molar-refractivity contribution in [3.63, 3.8) is 0 Å². The molecule has 0 amide bonds. The fraction of sp³-hybridized carbons (Fsp3) is 0.545. The Hall–Kier alpha value is -2.03. The summed E-state index contributed by atoms with van der Waals surface area (Å²) < 4.78 is 13.5. The number of hydrogen-bond acceptors (Lipinski definition) is 8. The highest BCUT2D eigenvalue weighted by atomic mass is 32.2. The van der Waals surface area contributed by atoms with E-state index >= 15 is 0 Å². The molecule has 2 N–H and O–H groups in total. The third kappa shape index (κ3) is 5.56. The minimum atomic E-state index is -0.0304. The highest BCUT2D eigenvalue weighted by Crippen LogP contribution is 2.34. The van der Waals surface area contributed by atoms with Gasteiger partial charge in [0.05, 0.1) is 12.3 Å². The molecule has 30 heavy (non-hydrogen) atoms.